The van der Waals surface area contributed by atoms with Crippen LogP contribution in [0.1, 0.15) is 47.0 Å². The highest BCUT2D eigenvalue weighted by Crippen LogP contribution is 2.66. The number of rotatable bonds is 4. The lowest BCUT2D eigenvalue weighted by molar-refractivity contribution is -0.139. The van der Waals surface area contributed by atoms with Crippen molar-refractivity contribution in [3.05, 3.63) is 0 Å². The summed E-state index contributed by atoms with van der Waals surface area (Å²) in [6.45, 7) is 7.66. The number of hydrogen-bond acceptors (Lipinski definition) is 4. The zero-order valence-corrected chi connectivity index (χ0v) is 12.7. The number of fused-ring (bicyclic) bond motifs is 2. The van der Waals surface area contributed by atoms with Crippen LogP contribution in [0, 0.1) is 22.7 Å². The first-order valence-electron chi connectivity index (χ1n) is 6.71. The van der Waals surface area contributed by atoms with Crippen LogP contribution >= 0.6 is 0 Å². The molecule has 0 radical (unpaired) electrons. The maximum Gasteiger partial charge on any atom is 0.397 e. The SMILES string of the molecule is CC(C)C(OS(=O)(=O)O)[C@@]12CCC(CC1=O)C2(C)C. The van der Waals surface area contributed by atoms with Gasteiger partial charge in [-0.1, -0.05) is 27.7 Å². The van der Waals surface area contributed by atoms with Crippen molar-refractivity contribution in [2.24, 2.45) is 22.7 Å². The summed E-state index contributed by atoms with van der Waals surface area (Å²) in [6.07, 6.45) is 1.25. The number of carbonyl (C=O) groups is 1. The van der Waals surface area contributed by atoms with Crippen LogP contribution in [0.4, 0.5) is 0 Å². The van der Waals surface area contributed by atoms with E-state index in [1.807, 2.05) is 27.7 Å². The molecule has 2 aliphatic rings. The molecule has 0 heterocycles. The molecule has 6 heteroatoms. The molecular weight excluding hydrogens is 268 g/mol. The molecule has 0 aromatic heterocycles. The summed E-state index contributed by atoms with van der Waals surface area (Å²) in [5, 5.41) is 0. The third-order valence-electron chi connectivity index (χ3n) is 5.30. The predicted octanol–water partition coefficient (Wildman–Crippen LogP) is 2.23. The molecule has 110 valence electrons. The van der Waals surface area contributed by atoms with Gasteiger partial charge in [-0.05, 0) is 30.1 Å². The lowest BCUT2D eigenvalue weighted by Gasteiger charge is -2.43. The van der Waals surface area contributed by atoms with Gasteiger partial charge >= 0.3 is 10.4 Å². The van der Waals surface area contributed by atoms with Gasteiger partial charge in [-0.25, -0.2) is 4.18 Å². The fourth-order valence-corrected chi connectivity index (χ4v) is 4.92. The first-order chi connectivity index (χ1) is 8.52. The molecule has 5 nitrogen and oxygen atoms in total. The van der Waals surface area contributed by atoms with E-state index in [2.05, 4.69) is 0 Å². The maximum absolute atomic E-state index is 12.4. The van der Waals surface area contributed by atoms with Crippen molar-refractivity contribution in [1.82, 2.24) is 0 Å². The normalized spacial score (nSPS) is 35.1. The highest BCUT2D eigenvalue weighted by Gasteiger charge is 2.68. The third-order valence-corrected chi connectivity index (χ3v) is 5.75. The second-order valence-electron chi connectivity index (χ2n) is 6.74. The summed E-state index contributed by atoms with van der Waals surface area (Å²) < 4.78 is 36.2. The Hall–Kier alpha value is -0.460. The van der Waals surface area contributed by atoms with Gasteiger partial charge in [-0.2, -0.15) is 8.42 Å². The number of ketones is 1. The highest BCUT2D eigenvalue weighted by molar-refractivity contribution is 7.80. The van der Waals surface area contributed by atoms with E-state index < -0.39 is 21.9 Å². The van der Waals surface area contributed by atoms with E-state index in [0.717, 1.165) is 6.42 Å². The standard InChI is InChI=1S/C13H22O5S/c1-8(2)11(18-19(15,16)17)13-6-5-9(7-10(13)14)12(13,3)4/h8-9,11H,5-7H2,1-4H3,(H,15,16,17)/t9?,11?,13-/m1/s1. The van der Waals surface area contributed by atoms with Crippen LogP contribution in [0.3, 0.4) is 0 Å². The first-order valence-corrected chi connectivity index (χ1v) is 8.08. The Kier molecular flexibility index (Phi) is 3.35. The quantitative estimate of drug-likeness (QED) is 0.803. The minimum atomic E-state index is -4.56. The molecule has 1 N–H and O–H groups in total. The molecule has 0 saturated heterocycles. The Bertz CT molecular complexity index is 493. The average molecular weight is 290 g/mol. The third kappa shape index (κ3) is 2.04. The van der Waals surface area contributed by atoms with E-state index in [0.29, 0.717) is 12.8 Å². The molecule has 2 saturated carbocycles. The number of hydrogen-bond donors (Lipinski definition) is 1. The Labute approximate surface area is 114 Å². The van der Waals surface area contributed by atoms with Crippen molar-refractivity contribution in [2.45, 2.75) is 53.1 Å². The Morgan fingerprint density at radius 2 is 1.95 bits per heavy atom. The van der Waals surface area contributed by atoms with Gasteiger partial charge < -0.3 is 0 Å². The van der Waals surface area contributed by atoms with Crippen LogP contribution in [0.2, 0.25) is 0 Å². The zero-order chi connectivity index (χ0) is 14.6. The van der Waals surface area contributed by atoms with E-state index in [1.54, 1.807) is 0 Å². The molecule has 3 atom stereocenters. The highest BCUT2D eigenvalue weighted by atomic mass is 32.3. The monoisotopic (exact) mass is 290 g/mol. The average Bonchev–Trinajstić information content (AvgIpc) is 2.58. The van der Waals surface area contributed by atoms with E-state index in [4.69, 9.17) is 8.74 Å². The van der Waals surface area contributed by atoms with Crippen LogP contribution in [0.15, 0.2) is 0 Å². The fourth-order valence-electron chi connectivity index (χ4n) is 4.27. The van der Waals surface area contributed by atoms with E-state index in [9.17, 15) is 13.2 Å². The Balaban J connectivity index is 2.48. The van der Waals surface area contributed by atoms with Crippen molar-refractivity contribution in [1.29, 1.82) is 0 Å². The lowest BCUT2D eigenvalue weighted by atomic mass is 9.63. The molecule has 0 spiro atoms. The van der Waals surface area contributed by atoms with E-state index in [-0.39, 0.29) is 23.0 Å². The summed E-state index contributed by atoms with van der Waals surface area (Å²) in [4.78, 5) is 12.4. The second kappa shape index (κ2) is 4.27. The first kappa shape index (κ1) is 14.9. The van der Waals surface area contributed by atoms with Crippen molar-refractivity contribution in [3.8, 4) is 0 Å². The van der Waals surface area contributed by atoms with Gasteiger partial charge in [-0.3, -0.25) is 9.35 Å². The Morgan fingerprint density at radius 1 is 1.37 bits per heavy atom. The molecule has 0 aromatic carbocycles. The van der Waals surface area contributed by atoms with Gasteiger partial charge in [0.25, 0.3) is 0 Å². The van der Waals surface area contributed by atoms with Crippen LogP contribution in [0.5, 0.6) is 0 Å². The summed E-state index contributed by atoms with van der Waals surface area (Å²) in [5.41, 5.74) is -1.08. The molecule has 0 aromatic rings. The van der Waals surface area contributed by atoms with Gasteiger partial charge in [0.15, 0.2) is 0 Å². The number of Topliss-reactive ketones (excluding diaryl/α,β-unsaturated/α-hetero) is 1. The largest absolute Gasteiger partial charge is 0.397 e. The molecule has 2 fully saturated rings. The molecule has 2 aliphatic carbocycles. The van der Waals surface area contributed by atoms with Gasteiger partial charge in [-0.15, -0.1) is 0 Å². The molecule has 0 aliphatic heterocycles. The smallest absolute Gasteiger partial charge is 0.299 e. The van der Waals surface area contributed by atoms with E-state index in [1.165, 1.54) is 0 Å². The maximum atomic E-state index is 12.4. The van der Waals surface area contributed by atoms with Gasteiger partial charge in [0.2, 0.25) is 0 Å². The molecule has 2 rings (SSSR count). The van der Waals surface area contributed by atoms with Gasteiger partial charge in [0.1, 0.15) is 5.78 Å². The van der Waals surface area contributed by atoms with Crippen molar-refractivity contribution < 1.29 is 21.9 Å². The second-order valence-corrected chi connectivity index (χ2v) is 7.79. The molecule has 19 heavy (non-hydrogen) atoms. The predicted molar refractivity (Wildman–Crippen MR) is 69.8 cm³/mol. The molecule has 0 amide bonds. The van der Waals surface area contributed by atoms with E-state index >= 15 is 0 Å². The summed E-state index contributed by atoms with van der Waals surface area (Å²) >= 11 is 0. The minimum absolute atomic E-state index is 0.0797. The van der Waals surface area contributed by atoms with Crippen molar-refractivity contribution >= 4 is 16.2 Å². The van der Waals surface area contributed by atoms with Gasteiger partial charge in [0.05, 0.1) is 11.5 Å². The summed E-state index contributed by atoms with van der Waals surface area (Å²) in [7, 11) is -4.56. The molecule has 2 bridgehead atoms. The summed E-state index contributed by atoms with van der Waals surface area (Å²) in [6, 6.07) is 0. The van der Waals surface area contributed by atoms with Crippen LogP contribution in [-0.2, 0) is 19.4 Å². The van der Waals surface area contributed by atoms with Crippen molar-refractivity contribution in [3.63, 3.8) is 0 Å². The minimum Gasteiger partial charge on any atom is -0.299 e. The lowest BCUT2D eigenvalue weighted by Crippen LogP contribution is -2.50. The molecular formula is C13H22O5S. The van der Waals surface area contributed by atoms with Crippen LogP contribution in [-0.4, -0.2) is 24.9 Å². The van der Waals surface area contributed by atoms with Crippen LogP contribution in [0.25, 0.3) is 0 Å². The fraction of sp³-hybridized carbons (Fsp3) is 0.923. The van der Waals surface area contributed by atoms with Crippen LogP contribution < -0.4 is 0 Å². The number of carbonyl (C=O) groups excluding carboxylic acids is 1. The zero-order valence-electron chi connectivity index (χ0n) is 11.8. The van der Waals surface area contributed by atoms with Crippen molar-refractivity contribution in [2.75, 3.05) is 0 Å². The topological polar surface area (TPSA) is 80.7 Å². The summed E-state index contributed by atoms with van der Waals surface area (Å²) in [5.74, 6) is 0.198. The van der Waals surface area contributed by atoms with Gasteiger partial charge in [0, 0.05) is 6.42 Å². The Morgan fingerprint density at radius 3 is 2.26 bits per heavy atom. The molecule has 2 unspecified atom stereocenters.